The van der Waals surface area contributed by atoms with Gasteiger partial charge in [-0.2, -0.15) is 0 Å². The molecule has 1 fully saturated rings. The van der Waals surface area contributed by atoms with Crippen LogP contribution < -0.4 is 5.73 Å². The SMILES string of the molecule is COC(=O)C1(N)CS(=O)(=O)C1. The molecule has 0 bridgehead atoms. The molecule has 0 atom stereocenters. The van der Waals surface area contributed by atoms with Crippen molar-refractivity contribution in [1.82, 2.24) is 0 Å². The number of rotatable bonds is 1. The van der Waals surface area contributed by atoms with Gasteiger partial charge in [0.1, 0.15) is 5.54 Å². The molecule has 0 unspecified atom stereocenters. The maximum atomic E-state index is 10.8. The third-order valence-electron chi connectivity index (χ3n) is 1.55. The Labute approximate surface area is 64.4 Å². The topological polar surface area (TPSA) is 86.5 Å². The maximum absolute atomic E-state index is 10.8. The van der Waals surface area contributed by atoms with Crippen LogP contribution in [0, 0.1) is 0 Å². The average molecular weight is 179 g/mol. The predicted octanol–water partition coefficient (Wildman–Crippen LogP) is -1.71. The molecule has 6 heteroatoms. The largest absolute Gasteiger partial charge is 0.468 e. The number of carbonyl (C=O) groups is 1. The summed E-state index contributed by atoms with van der Waals surface area (Å²) in [5.74, 6) is -1.26. The van der Waals surface area contributed by atoms with Crippen molar-refractivity contribution in [2.45, 2.75) is 5.54 Å². The summed E-state index contributed by atoms with van der Waals surface area (Å²) in [6.07, 6.45) is 0. The summed E-state index contributed by atoms with van der Waals surface area (Å²) in [6.45, 7) is 0. The first-order chi connectivity index (χ1) is 4.90. The van der Waals surface area contributed by atoms with Gasteiger partial charge >= 0.3 is 5.97 Å². The Morgan fingerprint density at radius 1 is 1.55 bits per heavy atom. The second-order valence-electron chi connectivity index (χ2n) is 2.68. The van der Waals surface area contributed by atoms with E-state index in [-0.39, 0.29) is 11.5 Å². The van der Waals surface area contributed by atoms with E-state index >= 15 is 0 Å². The quantitative estimate of drug-likeness (QED) is 0.484. The molecule has 2 N–H and O–H groups in total. The normalized spacial score (nSPS) is 25.3. The van der Waals surface area contributed by atoms with Crippen molar-refractivity contribution < 1.29 is 17.9 Å². The second kappa shape index (κ2) is 2.18. The zero-order chi connectivity index (χ0) is 8.70. The highest BCUT2D eigenvalue weighted by molar-refractivity contribution is 7.93. The van der Waals surface area contributed by atoms with Gasteiger partial charge in [-0.25, -0.2) is 13.2 Å². The van der Waals surface area contributed by atoms with Crippen LogP contribution in [0.25, 0.3) is 0 Å². The Kier molecular flexibility index (Phi) is 1.68. The van der Waals surface area contributed by atoms with E-state index in [2.05, 4.69) is 4.74 Å². The fourth-order valence-corrected chi connectivity index (χ4v) is 2.78. The lowest BCUT2D eigenvalue weighted by atomic mass is 10.1. The molecule has 5 nitrogen and oxygen atoms in total. The third-order valence-corrected chi connectivity index (χ3v) is 3.46. The minimum Gasteiger partial charge on any atom is -0.468 e. The molecule has 0 aromatic heterocycles. The minimum absolute atomic E-state index is 0.299. The Morgan fingerprint density at radius 2 is 2.00 bits per heavy atom. The Balaban J connectivity index is 2.70. The molecule has 1 heterocycles. The molecule has 0 spiro atoms. The van der Waals surface area contributed by atoms with Crippen LogP contribution >= 0.6 is 0 Å². The summed E-state index contributed by atoms with van der Waals surface area (Å²) in [6, 6.07) is 0. The number of methoxy groups -OCH3 is 1. The number of carbonyl (C=O) groups excluding carboxylic acids is 1. The molecule has 1 rings (SSSR count). The van der Waals surface area contributed by atoms with Gasteiger partial charge in [0.15, 0.2) is 9.84 Å². The summed E-state index contributed by atoms with van der Waals surface area (Å²) in [5.41, 5.74) is 4.09. The van der Waals surface area contributed by atoms with Crippen LogP contribution in [0.1, 0.15) is 0 Å². The van der Waals surface area contributed by atoms with E-state index in [1.807, 2.05) is 0 Å². The summed E-state index contributed by atoms with van der Waals surface area (Å²) in [5, 5.41) is 0. The lowest BCUT2D eigenvalue weighted by Gasteiger charge is -2.33. The van der Waals surface area contributed by atoms with Gasteiger partial charge in [0.05, 0.1) is 18.6 Å². The van der Waals surface area contributed by atoms with E-state index < -0.39 is 21.3 Å². The molecular weight excluding hydrogens is 170 g/mol. The standard InChI is InChI=1S/C5H9NO4S/c1-10-4(7)5(6)2-11(8,9)3-5/h2-3,6H2,1H3. The van der Waals surface area contributed by atoms with Gasteiger partial charge in [0.2, 0.25) is 0 Å². The molecule has 0 saturated carbocycles. The molecule has 11 heavy (non-hydrogen) atoms. The fourth-order valence-electron chi connectivity index (χ4n) is 1.06. The first kappa shape index (κ1) is 8.48. The molecule has 0 aromatic carbocycles. The molecule has 64 valence electrons. The van der Waals surface area contributed by atoms with Crippen molar-refractivity contribution in [2.75, 3.05) is 18.6 Å². The highest BCUT2D eigenvalue weighted by Crippen LogP contribution is 2.21. The number of ether oxygens (including phenoxy) is 1. The predicted molar refractivity (Wildman–Crippen MR) is 37.6 cm³/mol. The van der Waals surface area contributed by atoms with Crippen molar-refractivity contribution in [3.05, 3.63) is 0 Å². The van der Waals surface area contributed by atoms with Crippen LogP contribution in [0.2, 0.25) is 0 Å². The van der Waals surface area contributed by atoms with Crippen LogP contribution in [-0.2, 0) is 19.4 Å². The van der Waals surface area contributed by atoms with Gasteiger partial charge in [-0.3, -0.25) is 0 Å². The highest BCUT2D eigenvalue weighted by atomic mass is 32.2. The van der Waals surface area contributed by atoms with Gasteiger partial charge in [-0.15, -0.1) is 0 Å². The molecule has 0 amide bonds. The maximum Gasteiger partial charge on any atom is 0.327 e. The second-order valence-corrected chi connectivity index (χ2v) is 4.74. The highest BCUT2D eigenvalue weighted by Gasteiger charge is 2.52. The summed E-state index contributed by atoms with van der Waals surface area (Å²) >= 11 is 0. The summed E-state index contributed by atoms with van der Waals surface area (Å²) in [4.78, 5) is 10.8. The average Bonchev–Trinajstić information content (AvgIpc) is 1.81. The third kappa shape index (κ3) is 1.36. The van der Waals surface area contributed by atoms with Crippen LogP contribution in [0.15, 0.2) is 0 Å². The first-order valence-electron chi connectivity index (χ1n) is 2.97. The van der Waals surface area contributed by atoms with E-state index in [0.29, 0.717) is 0 Å². The molecule has 0 aliphatic carbocycles. The lowest BCUT2D eigenvalue weighted by molar-refractivity contribution is -0.145. The molecule has 1 aliphatic heterocycles. The monoisotopic (exact) mass is 179 g/mol. The number of sulfone groups is 1. The van der Waals surface area contributed by atoms with E-state index in [9.17, 15) is 13.2 Å². The van der Waals surface area contributed by atoms with E-state index in [1.54, 1.807) is 0 Å². The Hall–Kier alpha value is -0.620. The molecular formula is C5H9NO4S. The Bertz CT molecular complexity index is 269. The summed E-state index contributed by atoms with van der Waals surface area (Å²) in [7, 11) is -1.89. The van der Waals surface area contributed by atoms with Gasteiger partial charge in [-0.05, 0) is 0 Å². The smallest absolute Gasteiger partial charge is 0.327 e. The zero-order valence-electron chi connectivity index (χ0n) is 6.03. The van der Waals surface area contributed by atoms with Crippen LogP contribution in [0.5, 0.6) is 0 Å². The van der Waals surface area contributed by atoms with Crippen molar-refractivity contribution in [3.8, 4) is 0 Å². The van der Waals surface area contributed by atoms with Crippen molar-refractivity contribution in [3.63, 3.8) is 0 Å². The number of esters is 1. The van der Waals surface area contributed by atoms with Gasteiger partial charge in [0.25, 0.3) is 0 Å². The Morgan fingerprint density at radius 3 is 2.27 bits per heavy atom. The fraction of sp³-hybridized carbons (Fsp3) is 0.800. The minimum atomic E-state index is -3.07. The number of hydrogen-bond donors (Lipinski definition) is 1. The van der Waals surface area contributed by atoms with Gasteiger partial charge < -0.3 is 10.5 Å². The summed E-state index contributed by atoms with van der Waals surface area (Å²) < 4.78 is 25.6. The van der Waals surface area contributed by atoms with Gasteiger partial charge in [0, 0.05) is 0 Å². The van der Waals surface area contributed by atoms with Crippen LogP contribution in [0.3, 0.4) is 0 Å². The van der Waals surface area contributed by atoms with Crippen LogP contribution in [0.4, 0.5) is 0 Å². The molecule has 1 aliphatic rings. The molecule has 0 radical (unpaired) electrons. The van der Waals surface area contributed by atoms with Gasteiger partial charge in [-0.1, -0.05) is 0 Å². The first-order valence-corrected chi connectivity index (χ1v) is 4.79. The number of nitrogens with two attached hydrogens (primary N) is 1. The van der Waals surface area contributed by atoms with E-state index in [4.69, 9.17) is 5.73 Å². The number of hydrogen-bond acceptors (Lipinski definition) is 5. The molecule has 0 aromatic rings. The molecule has 1 saturated heterocycles. The van der Waals surface area contributed by atoms with E-state index in [1.165, 1.54) is 7.11 Å². The van der Waals surface area contributed by atoms with Crippen molar-refractivity contribution in [2.24, 2.45) is 5.73 Å². The van der Waals surface area contributed by atoms with Crippen molar-refractivity contribution in [1.29, 1.82) is 0 Å². The lowest BCUT2D eigenvalue weighted by Crippen LogP contribution is -2.66. The van der Waals surface area contributed by atoms with Crippen molar-refractivity contribution >= 4 is 15.8 Å². The van der Waals surface area contributed by atoms with Crippen LogP contribution in [-0.4, -0.2) is 38.5 Å². The zero-order valence-corrected chi connectivity index (χ0v) is 6.85. The van der Waals surface area contributed by atoms with E-state index in [0.717, 1.165) is 0 Å².